The van der Waals surface area contributed by atoms with E-state index in [2.05, 4.69) is 50.2 Å². The summed E-state index contributed by atoms with van der Waals surface area (Å²) in [6.45, 7) is 4.60. The summed E-state index contributed by atoms with van der Waals surface area (Å²) >= 11 is 0. The molecule has 0 saturated heterocycles. The zero-order chi connectivity index (χ0) is 19.9. The maximum atomic E-state index is 2.43. The van der Waals surface area contributed by atoms with Gasteiger partial charge in [-0.25, -0.2) is 0 Å². The molecule has 0 saturated carbocycles. The maximum absolute atomic E-state index is 2.43. The van der Waals surface area contributed by atoms with Crippen LogP contribution in [0.2, 0.25) is 0 Å². The Balaban J connectivity index is 0.00000420. The second-order valence-electron chi connectivity index (χ2n) is 8.67. The van der Waals surface area contributed by atoms with Crippen LogP contribution in [0, 0.1) is 0 Å². The van der Waals surface area contributed by atoms with Crippen molar-refractivity contribution in [3.05, 3.63) is 47.5 Å². The molecule has 165 valence electrons. The smallest absolute Gasteiger partial charge is 0 e. The summed E-state index contributed by atoms with van der Waals surface area (Å²) < 4.78 is 0. The Bertz CT molecular complexity index is 646. The molecule has 0 fully saturated rings. The Morgan fingerprint density at radius 1 is 0.517 bits per heavy atom. The number of aryl methyl sites for hydroxylation is 2. The van der Waals surface area contributed by atoms with Gasteiger partial charge in [0.05, 0.1) is 0 Å². The SMILES string of the molecule is CCCCCCCCCc1ccc2ccccc2c1CCCCCCCCC.[Co]. The standard InChI is InChI=1S/C28H44.Co/c1-3-5-7-9-11-13-15-19-25-23-24-26-20-17-18-22-28(26)27(25)21-16-14-12-10-8-6-4-2;/h17-18,20,22-24H,3-16,19,21H2,1-2H3;. The number of hydrogen-bond acceptors (Lipinski definition) is 0. The van der Waals surface area contributed by atoms with E-state index in [1.807, 2.05) is 0 Å². The van der Waals surface area contributed by atoms with Crippen molar-refractivity contribution in [3.63, 3.8) is 0 Å². The van der Waals surface area contributed by atoms with E-state index in [-0.39, 0.29) is 16.8 Å². The van der Waals surface area contributed by atoms with Crippen LogP contribution in [-0.4, -0.2) is 0 Å². The summed E-state index contributed by atoms with van der Waals surface area (Å²) in [5, 5.41) is 2.93. The van der Waals surface area contributed by atoms with Crippen molar-refractivity contribution >= 4 is 10.8 Å². The molecule has 0 atom stereocenters. The van der Waals surface area contributed by atoms with Gasteiger partial charge in [0.15, 0.2) is 0 Å². The Kier molecular flexibility index (Phi) is 15.3. The zero-order valence-corrected chi connectivity index (χ0v) is 20.2. The fourth-order valence-corrected chi connectivity index (χ4v) is 4.44. The van der Waals surface area contributed by atoms with Gasteiger partial charge in [-0.15, -0.1) is 0 Å². The van der Waals surface area contributed by atoms with Gasteiger partial charge in [0.1, 0.15) is 0 Å². The van der Waals surface area contributed by atoms with E-state index < -0.39 is 0 Å². The fraction of sp³-hybridized carbons (Fsp3) is 0.643. The molecule has 2 rings (SSSR count). The largest absolute Gasteiger partial charge is 0.0654 e. The Morgan fingerprint density at radius 3 is 1.66 bits per heavy atom. The van der Waals surface area contributed by atoms with Gasteiger partial charge in [0, 0.05) is 16.8 Å². The molecule has 0 aliphatic heterocycles. The van der Waals surface area contributed by atoms with E-state index in [4.69, 9.17) is 0 Å². The molecule has 2 aromatic carbocycles. The van der Waals surface area contributed by atoms with Crippen molar-refractivity contribution in [2.45, 2.75) is 117 Å². The average molecular weight is 440 g/mol. The molecular formula is C28H44Co. The van der Waals surface area contributed by atoms with Crippen molar-refractivity contribution in [3.8, 4) is 0 Å². The number of hydrogen-bond donors (Lipinski definition) is 0. The van der Waals surface area contributed by atoms with Gasteiger partial charge in [-0.1, -0.05) is 127 Å². The minimum Gasteiger partial charge on any atom is -0.0654 e. The van der Waals surface area contributed by atoms with Crippen molar-refractivity contribution in [1.82, 2.24) is 0 Å². The third-order valence-electron chi connectivity index (χ3n) is 6.22. The van der Waals surface area contributed by atoms with Crippen LogP contribution in [0.15, 0.2) is 36.4 Å². The molecule has 0 N–H and O–H groups in total. The summed E-state index contributed by atoms with van der Waals surface area (Å²) in [5.41, 5.74) is 3.27. The van der Waals surface area contributed by atoms with Crippen molar-refractivity contribution < 1.29 is 16.8 Å². The summed E-state index contributed by atoms with van der Waals surface area (Å²) in [4.78, 5) is 0. The van der Waals surface area contributed by atoms with E-state index in [9.17, 15) is 0 Å². The number of fused-ring (bicyclic) bond motifs is 1. The fourth-order valence-electron chi connectivity index (χ4n) is 4.44. The van der Waals surface area contributed by atoms with Gasteiger partial charge in [-0.05, 0) is 47.6 Å². The summed E-state index contributed by atoms with van der Waals surface area (Å²) in [6.07, 6.45) is 22.1. The molecule has 0 aliphatic carbocycles. The molecular weight excluding hydrogens is 395 g/mol. The quantitative estimate of drug-likeness (QED) is 0.228. The molecule has 0 amide bonds. The van der Waals surface area contributed by atoms with Gasteiger partial charge < -0.3 is 0 Å². The molecule has 0 heterocycles. The minimum absolute atomic E-state index is 0. The van der Waals surface area contributed by atoms with Crippen LogP contribution in [0.3, 0.4) is 0 Å². The molecule has 0 spiro atoms. The van der Waals surface area contributed by atoms with Gasteiger partial charge in [0.25, 0.3) is 0 Å². The molecule has 0 nitrogen and oxygen atoms in total. The molecule has 2 aromatic rings. The first-order valence-electron chi connectivity index (χ1n) is 12.4. The van der Waals surface area contributed by atoms with Crippen LogP contribution in [0.25, 0.3) is 10.8 Å². The zero-order valence-electron chi connectivity index (χ0n) is 19.1. The molecule has 0 unspecified atom stereocenters. The molecule has 1 heteroatoms. The Hall–Kier alpha value is -0.794. The number of rotatable bonds is 16. The summed E-state index contributed by atoms with van der Waals surface area (Å²) in [5.74, 6) is 0. The van der Waals surface area contributed by atoms with Crippen LogP contribution < -0.4 is 0 Å². The minimum atomic E-state index is 0. The monoisotopic (exact) mass is 439 g/mol. The Labute approximate surface area is 191 Å². The molecule has 1 radical (unpaired) electrons. The molecule has 0 bridgehead atoms. The second kappa shape index (κ2) is 16.9. The number of benzene rings is 2. The molecule has 0 aliphatic rings. The van der Waals surface area contributed by atoms with E-state index in [0.717, 1.165) is 0 Å². The van der Waals surface area contributed by atoms with Crippen LogP contribution in [0.5, 0.6) is 0 Å². The van der Waals surface area contributed by atoms with Gasteiger partial charge >= 0.3 is 0 Å². The number of unbranched alkanes of at least 4 members (excludes halogenated alkanes) is 12. The third-order valence-corrected chi connectivity index (χ3v) is 6.22. The van der Waals surface area contributed by atoms with E-state index in [1.165, 1.54) is 114 Å². The van der Waals surface area contributed by atoms with Gasteiger partial charge in [-0.2, -0.15) is 0 Å². The molecule has 0 aromatic heterocycles. The van der Waals surface area contributed by atoms with Crippen LogP contribution in [0.1, 0.15) is 115 Å². The first kappa shape index (κ1) is 26.2. The maximum Gasteiger partial charge on any atom is 0 e. The van der Waals surface area contributed by atoms with Crippen LogP contribution >= 0.6 is 0 Å². The van der Waals surface area contributed by atoms with E-state index >= 15 is 0 Å². The van der Waals surface area contributed by atoms with Crippen molar-refractivity contribution in [1.29, 1.82) is 0 Å². The van der Waals surface area contributed by atoms with Gasteiger partial charge in [-0.3, -0.25) is 0 Å². The normalized spacial score (nSPS) is 11.0. The second-order valence-corrected chi connectivity index (χ2v) is 8.67. The first-order valence-corrected chi connectivity index (χ1v) is 12.4. The topological polar surface area (TPSA) is 0 Å². The Morgan fingerprint density at radius 2 is 1.03 bits per heavy atom. The van der Waals surface area contributed by atoms with E-state index in [1.54, 1.807) is 11.1 Å². The van der Waals surface area contributed by atoms with Crippen LogP contribution in [0.4, 0.5) is 0 Å². The van der Waals surface area contributed by atoms with Crippen molar-refractivity contribution in [2.75, 3.05) is 0 Å². The van der Waals surface area contributed by atoms with Gasteiger partial charge in [0.2, 0.25) is 0 Å². The predicted molar refractivity (Wildman–Crippen MR) is 127 cm³/mol. The predicted octanol–water partition coefficient (Wildman–Crippen LogP) is 9.42. The molecule has 29 heavy (non-hydrogen) atoms. The summed E-state index contributed by atoms with van der Waals surface area (Å²) in [7, 11) is 0. The first-order chi connectivity index (χ1) is 13.9. The average Bonchev–Trinajstić information content (AvgIpc) is 2.73. The van der Waals surface area contributed by atoms with Crippen molar-refractivity contribution in [2.24, 2.45) is 0 Å². The third kappa shape index (κ3) is 10.2. The summed E-state index contributed by atoms with van der Waals surface area (Å²) in [6, 6.07) is 13.8. The van der Waals surface area contributed by atoms with Crippen LogP contribution in [-0.2, 0) is 29.6 Å². The van der Waals surface area contributed by atoms with E-state index in [0.29, 0.717) is 0 Å².